The number of aliphatic imine (C=N–C) groups is 1. The van der Waals surface area contributed by atoms with Gasteiger partial charge in [-0.05, 0) is 28.7 Å². The minimum Gasteiger partial charge on any atom is -0.370 e. The van der Waals surface area contributed by atoms with E-state index in [9.17, 15) is 0 Å². The molecular formula is C21H26IN5. The molecule has 0 bridgehead atoms. The van der Waals surface area contributed by atoms with E-state index in [1.807, 2.05) is 18.6 Å². The largest absolute Gasteiger partial charge is 0.370 e. The molecule has 1 aromatic heterocycles. The van der Waals surface area contributed by atoms with E-state index in [1.165, 1.54) is 16.7 Å². The first-order valence-corrected chi connectivity index (χ1v) is 8.93. The molecule has 0 aliphatic carbocycles. The van der Waals surface area contributed by atoms with E-state index in [0.717, 1.165) is 25.1 Å². The van der Waals surface area contributed by atoms with E-state index < -0.39 is 0 Å². The number of hydrogen-bond acceptors (Lipinski definition) is 2. The average Bonchev–Trinajstić information content (AvgIpc) is 3.18. The van der Waals surface area contributed by atoms with Crippen molar-refractivity contribution in [2.24, 2.45) is 10.7 Å². The Morgan fingerprint density at radius 3 is 2.63 bits per heavy atom. The van der Waals surface area contributed by atoms with Gasteiger partial charge in [-0.25, -0.2) is 9.98 Å². The topological polar surface area (TPSA) is 68.2 Å². The van der Waals surface area contributed by atoms with E-state index >= 15 is 0 Å². The summed E-state index contributed by atoms with van der Waals surface area (Å²) in [7, 11) is 0. The maximum Gasteiger partial charge on any atom is 0.188 e. The fourth-order valence-electron chi connectivity index (χ4n) is 2.80. The van der Waals surface area contributed by atoms with Crippen molar-refractivity contribution in [1.82, 2.24) is 14.9 Å². The summed E-state index contributed by atoms with van der Waals surface area (Å²) in [5.74, 6) is 0.498. The molecule has 27 heavy (non-hydrogen) atoms. The number of aromatic nitrogens is 2. The molecule has 2 aromatic carbocycles. The van der Waals surface area contributed by atoms with E-state index in [1.54, 1.807) is 6.20 Å². The minimum atomic E-state index is 0. The van der Waals surface area contributed by atoms with Crippen LogP contribution in [-0.4, -0.2) is 22.1 Å². The van der Waals surface area contributed by atoms with Crippen molar-refractivity contribution in [2.45, 2.75) is 26.4 Å². The van der Waals surface area contributed by atoms with Gasteiger partial charge < -0.3 is 15.6 Å². The number of guanidine groups is 1. The first-order valence-electron chi connectivity index (χ1n) is 8.93. The van der Waals surface area contributed by atoms with Gasteiger partial charge in [0.25, 0.3) is 0 Å². The van der Waals surface area contributed by atoms with Crippen LogP contribution in [0.3, 0.4) is 0 Å². The van der Waals surface area contributed by atoms with Crippen LogP contribution in [0.5, 0.6) is 0 Å². The second-order valence-electron chi connectivity index (χ2n) is 6.22. The molecule has 0 aliphatic heterocycles. The molecule has 0 spiro atoms. The molecule has 0 fully saturated rings. The molecule has 5 nitrogen and oxygen atoms in total. The molecule has 0 saturated heterocycles. The number of imidazole rings is 1. The highest BCUT2D eigenvalue weighted by Crippen LogP contribution is 2.25. The van der Waals surface area contributed by atoms with Crippen LogP contribution < -0.4 is 11.1 Å². The third kappa shape index (κ3) is 6.09. The highest BCUT2D eigenvalue weighted by molar-refractivity contribution is 14.0. The van der Waals surface area contributed by atoms with E-state index in [0.29, 0.717) is 12.5 Å². The van der Waals surface area contributed by atoms with Crippen LogP contribution in [0.2, 0.25) is 0 Å². The molecule has 0 radical (unpaired) electrons. The summed E-state index contributed by atoms with van der Waals surface area (Å²) >= 11 is 0. The van der Waals surface area contributed by atoms with Crippen molar-refractivity contribution >= 4 is 29.9 Å². The molecule has 6 heteroatoms. The van der Waals surface area contributed by atoms with E-state index in [2.05, 4.69) is 69.2 Å². The zero-order valence-electron chi connectivity index (χ0n) is 15.5. The Kier molecular flexibility index (Phi) is 8.32. The van der Waals surface area contributed by atoms with Gasteiger partial charge in [-0.15, -0.1) is 24.0 Å². The molecule has 0 amide bonds. The number of nitrogens with two attached hydrogens (primary N) is 1. The number of benzene rings is 2. The lowest BCUT2D eigenvalue weighted by molar-refractivity contribution is 0.797. The van der Waals surface area contributed by atoms with Crippen LogP contribution in [0, 0.1) is 0 Å². The zero-order chi connectivity index (χ0) is 18.2. The Hall–Kier alpha value is -2.35. The molecule has 3 aromatic rings. The van der Waals surface area contributed by atoms with Crippen molar-refractivity contribution in [2.75, 3.05) is 6.54 Å². The predicted molar refractivity (Wildman–Crippen MR) is 122 cm³/mol. The van der Waals surface area contributed by atoms with Gasteiger partial charge in [0, 0.05) is 25.5 Å². The van der Waals surface area contributed by atoms with Gasteiger partial charge in [0.2, 0.25) is 0 Å². The molecule has 1 heterocycles. The van der Waals surface area contributed by atoms with Gasteiger partial charge in [-0.1, -0.05) is 55.5 Å². The van der Waals surface area contributed by atoms with Crippen molar-refractivity contribution in [3.8, 4) is 11.1 Å². The molecular weight excluding hydrogens is 449 g/mol. The van der Waals surface area contributed by atoms with Crippen LogP contribution in [0.25, 0.3) is 11.1 Å². The van der Waals surface area contributed by atoms with Crippen LogP contribution >= 0.6 is 24.0 Å². The average molecular weight is 475 g/mol. The van der Waals surface area contributed by atoms with Crippen LogP contribution in [-0.2, 0) is 13.1 Å². The first kappa shape index (κ1) is 21.0. The summed E-state index contributed by atoms with van der Waals surface area (Å²) in [5.41, 5.74) is 10.7. The molecule has 3 N–H and O–H groups in total. The first-order chi connectivity index (χ1) is 12.8. The molecule has 0 unspecified atom stereocenters. The summed E-state index contributed by atoms with van der Waals surface area (Å²) in [6, 6.07) is 17.0. The van der Waals surface area contributed by atoms with Gasteiger partial charge in [0.05, 0.1) is 12.9 Å². The summed E-state index contributed by atoms with van der Waals surface area (Å²) in [6.45, 7) is 4.34. The monoisotopic (exact) mass is 475 g/mol. The van der Waals surface area contributed by atoms with Gasteiger partial charge in [0.1, 0.15) is 0 Å². The second-order valence-corrected chi connectivity index (χ2v) is 6.22. The molecule has 0 saturated carbocycles. The third-order valence-corrected chi connectivity index (χ3v) is 4.18. The maximum atomic E-state index is 5.91. The summed E-state index contributed by atoms with van der Waals surface area (Å²) in [6.07, 6.45) is 6.63. The van der Waals surface area contributed by atoms with Crippen LogP contribution in [0.15, 0.2) is 72.2 Å². The number of halogens is 1. The smallest absolute Gasteiger partial charge is 0.188 e. The van der Waals surface area contributed by atoms with Crippen molar-refractivity contribution < 1.29 is 0 Å². The third-order valence-electron chi connectivity index (χ3n) is 4.18. The van der Waals surface area contributed by atoms with Crippen molar-refractivity contribution in [3.05, 3.63) is 78.4 Å². The highest BCUT2D eigenvalue weighted by atomic mass is 127. The number of nitrogens with one attached hydrogen (secondary N) is 1. The second kappa shape index (κ2) is 10.7. The molecule has 3 rings (SSSR count). The SMILES string of the molecule is CCCNC(N)=NCc1ccccc1-c1ccc(Cn2ccnc2)cc1.I. The fourth-order valence-corrected chi connectivity index (χ4v) is 2.80. The standard InChI is InChI=1S/C21H25N5.HI/c1-2-11-24-21(22)25-14-19-5-3-4-6-20(19)18-9-7-17(8-10-18)15-26-13-12-23-16-26;/h3-10,12-13,16H,2,11,14-15H2,1H3,(H3,22,24,25);1H. The Labute approximate surface area is 177 Å². The number of hydrogen-bond donors (Lipinski definition) is 2. The zero-order valence-corrected chi connectivity index (χ0v) is 17.8. The Morgan fingerprint density at radius 1 is 1.15 bits per heavy atom. The quantitative estimate of drug-likeness (QED) is 0.308. The minimum absolute atomic E-state index is 0. The van der Waals surface area contributed by atoms with Gasteiger partial charge in [-0.3, -0.25) is 0 Å². The Morgan fingerprint density at radius 2 is 1.93 bits per heavy atom. The van der Waals surface area contributed by atoms with E-state index in [4.69, 9.17) is 5.73 Å². The lowest BCUT2D eigenvalue weighted by Crippen LogP contribution is -2.32. The summed E-state index contributed by atoms with van der Waals surface area (Å²) < 4.78 is 2.06. The number of rotatable bonds is 7. The number of nitrogens with zero attached hydrogens (tertiary/aromatic N) is 3. The maximum absolute atomic E-state index is 5.91. The lowest BCUT2D eigenvalue weighted by atomic mass is 9.98. The summed E-state index contributed by atoms with van der Waals surface area (Å²) in [4.78, 5) is 8.54. The highest BCUT2D eigenvalue weighted by Gasteiger charge is 2.05. The van der Waals surface area contributed by atoms with Crippen LogP contribution in [0.1, 0.15) is 24.5 Å². The van der Waals surface area contributed by atoms with Gasteiger partial charge in [-0.2, -0.15) is 0 Å². The van der Waals surface area contributed by atoms with E-state index in [-0.39, 0.29) is 24.0 Å². The predicted octanol–water partition coefficient (Wildman–Crippen LogP) is 4.03. The Balaban J connectivity index is 0.00000261. The normalized spacial score (nSPS) is 11.1. The van der Waals surface area contributed by atoms with Crippen LogP contribution in [0.4, 0.5) is 0 Å². The Bertz CT molecular complexity index is 841. The van der Waals surface area contributed by atoms with Crippen molar-refractivity contribution in [3.63, 3.8) is 0 Å². The lowest BCUT2D eigenvalue weighted by Gasteiger charge is -2.10. The summed E-state index contributed by atoms with van der Waals surface area (Å²) in [5, 5.41) is 3.11. The molecule has 0 atom stereocenters. The van der Waals surface area contributed by atoms with Gasteiger partial charge in [0.15, 0.2) is 5.96 Å². The van der Waals surface area contributed by atoms with Gasteiger partial charge >= 0.3 is 0 Å². The van der Waals surface area contributed by atoms with Crippen molar-refractivity contribution in [1.29, 1.82) is 0 Å². The fraction of sp³-hybridized carbons (Fsp3) is 0.238. The molecule has 0 aliphatic rings. The molecule has 142 valence electrons.